The van der Waals surface area contributed by atoms with Crippen LogP contribution < -0.4 is 4.74 Å². The molecule has 0 aliphatic heterocycles. The van der Waals surface area contributed by atoms with Crippen molar-refractivity contribution >= 4 is 5.91 Å². The lowest BCUT2D eigenvalue weighted by atomic mass is 10.2. The molecule has 1 N–H and O–H groups in total. The lowest BCUT2D eigenvalue weighted by Crippen LogP contribution is -2.30. The van der Waals surface area contributed by atoms with Crippen LogP contribution in [0.2, 0.25) is 0 Å². The minimum absolute atomic E-state index is 0.0388. The number of aryl methyl sites for hydroxylation is 1. The Morgan fingerprint density at radius 3 is 2.89 bits per heavy atom. The maximum absolute atomic E-state index is 11.6. The fraction of sp³-hybridized carbons (Fsp3) is 0.500. The van der Waals surface area contributed by atoms with E-state index in [0.717, 1.165) is 11.3 Å². The molecule has 0 spiro atoms. The number of nitrogens with zero attached hydrogens (tertiary/aromatic N) is 1. The van der Waals surface area contributed by atoms with E-state index < -0.39 is 0 Å². The first-order valence-corrected chi connectivity index (χ1v) is 6.18. The minimum Gasteiger partial charge on any atom is -0.492 e. The summed E-state index contributed by atoms with van der Waals surface area (Å²) in [6.07, 6.45) is 0.902. The van der Waals surface area contributed by atoms with E-state index in [9.17, 15) is 4.79 Å². The largest absolute Gasteiger partial charge is 0.492 e. The third kappa shape index (κ3) is 5.19. The number of carbonyl (C=O) groups is 1. The number of benzene rings is 1. The smallest absolute Gasteiger partial charge is 0.222 e. The summed E-state index contributed by atoms with van der Waals surface area (Å²) in [5.41, 5.74) is 1.15. The monoisotopic (exact) mass is 251 g/mol. The molecular formula is C14H21NO3. The lowest BCUT2D eigenvalue weighted by Gasteiger charge is -2.17. The van der Waals surface area contributed by atoms with E-state index >= 15 is 0 Å². The molecular weight excluding hydrogens is 230 g/mol. The van der Waals surface area contributed by atoms with Crippen LogP contribution in [0.25, 0.3) is 0 Å². The first-order valence-electron chi connectivity index (χ1n) is 6.18. The van der Waals surface area contributed by atoms with Crippen molar-refractivity contribution in [2.45, 2.75) is 19.8 Å². The topological polar surface area (TPSA) is 49.8 Å². The first-order chi connectivity index (χ1) is 8.63. The van der Waals surface area contributed by atoms with Gasteiger partial charge in [-0.1, -0.05) is 12.1 Å². The predicted octanol–water partition coefficient (Wildman–Crippen LogP) is 1.60. The molecule has 0 heterocycles. The second-order valence-corrected chi connectivity index (χ2v) is 4.31. The maximum atomic E-state index is 11.6. The minimum atomic E-state index is 0.0388. The van der Waals surface area contributed by atoms with E-state index in [-0.39, 0.29) is 12.5 Å². The number of amides is 1. The van der Waals surface area contributed by atoms with E-state index in [2.05, 4.69) is 0 Å². The highest BCUT2D eigenvalue weighted by Crippen LogP contribution is 2.12. The summed E-state index contributed by atoms with van der Waals surface area (Å²) in [6.45, 7) is 3.10. The van der Waals surface area contributed by atoms with Crippen LogP contribution in [0.3, 0.4) is 0 Å². The standard InChI is InChI=1S/C14H21NO3/c1-12-5-3-6-13(11-12)18-10-8-15(2)14(17)7-4-9-16/h3,5-6,11,16H,4,7-10H2,1-2H3. The third-order valence-electron chi connectivity index (χ3n) is 2.66. The van der Waals surface area contributed by atoms with E-state index in [0.29, 0.717) is 26.0 Å². The van der Waals surface area contributed by atoms with E-state index in [4.69, 9.17) is 9.84 Å². The fourth-order valence-corrected chi connectivity index (χ4v) is 1.55. The molecule has 1 rings (SSSR count). The second-order valence-electron chi connectivity index (χ2n) is 4.31. The summed E-state index contributed by atoms with van der Waals surface area (Å²) >= 11 is 0. The molecule has 18 heavy (non-hydrogen) atoms. The Balaban J connectivity index is 2.26. The van der Waals surface area contributed by atoms with Gasteiger partial charge in [-0.15, -0.1) is 0 Å². The quantitative estimate of drug-likeness (QED) is 0.801. The SMILES string of the molecule is Cc1cccc(OCCN(C)C(=O)CCCO)c1. The zero-order valence-corrected chi connectivity index (χ0v) is 11.1. The molecule has 1 aromatic carbocycles. The van der Waals surface area contributed by atoms with Gasteiger partial charge in [-0.2, -0.15) is 0 Å². The van der Waals surface area contributed by atoms with Gasteiger partial charge >= 0.3 is 0 Å². The number of aliphatic hydroxyl groups is 1. The van der Waals surface area contributed by atoms with Crippen molar-refractivity contribution in [1.29, 1.82) is 0 Å². The van der Waals surface area contributed by atoms with Crippen LogP contribution in [0.5, 0.6) is 5.75 Å². The summed E-state index contributed by atoms with van der Waals surface area (Å²) in [7, 11) is 1.75. The molecule has 0 atom stereocenters. The molecule has 0 saturated carbocycles. The number of likely N-dealkylation sites (N-methyl/N-ethyl adjacent to an activating group) is 1. The zero-order valence-electron chi connectivity index (χ0n) is 11.1. The summed E-state index contributed by atoms with van der Waals surface area (Å²) in [4.78, 5) is 13.2. The Labute approximate surface area is 108 Å². The van der Waals surface area contributed by atoms with Crippen LogP contribution in [0.1, 0.15) is 18.4 Å². The number of hydrogen-bond acceptors (Lipinski definition) is 3. The van der Waals surface area contributed by atoms with E-state index in [1.807, 2.05) is 31.2 Å². The van der Waals surface area contributed by atoms with Crippen LogP contribution in [0.4, 0.5) is 0 Å². The number of ether oxygens (including phenoxy) is 1. The number of carbonyl (C=O) groups excluding carboxylic acids is 1. The van der Waals surface area contributed by atoms with Crippen molar-refractivity contribution in [1.82, 2.24) is 4.90 Å². The molecule has 100 valence electrons. The van der Waals surface area contributed by atoms with Crippen molar-refractivity contribution in [2.24, 2.45) is 0 Å². The highest BCUT2D eigenvalue weighted by atomic mass is 16.5. The fourth-order valence-electron chi connectivity index (χ4n) is 1.55. The van der Waals surface area contributed by atoms with Gasteiger partial charge in [0.15, 0.2) is 0 Å². The summed E-state index contributed by atoms with van der Waals surface area (Å²) in [5, 5.41) is 8.65. The normalized spacial score (nSPS) is 10.2. The summed E-state index contributed by atoms with van der Waals surface area (Å²) < 4.78 is 5.57. The molecule has 4 nitrogen and oxygen atoms in total. The van der Waals surface area contributed by atoms with Crippen LogP contribution in [0.15, 0.2) is 24.3 Å². The Kier molecular flexibility index (Phi) is 6.22. The molecule has 0 fully saturated rings. The first kappa shape index (κ1) is 14.5. The molecule has 1 aromatic rings. The van der Waals surface area contributed by atoms with Gasteiger partial charge in [0.2, 0.25) is 5.91 Å². The van der Waals surface area contributed by atoms with Crippen molar-refractivity contribution < 1.29 is 14.6 Å². The van der Waals surface area contributed by atoms with Gasteiger partial charge in [0.05, 0.1) is 6.54 Å². The maximum Gasteiger partial charge on any atom is 0.222 e. The third-order valence-corrected chi connectivity index (χ3v) is 2.66. The lowest BCUT2D eigenvalue weighted by molar-refractivity contribution is -0.130. The second kappa shape index (κ2) is 7.71. The van der Waals surface area contributed by atoms with Crippen LogP contribution in [0, 0.1) is 6.92 Å². The Morgan fingerprint density at radius 2 is 2.22 bits per heavy atom. The highest BCUT2D eigenvalue weighted by Gasteiger charge is 2.07. The summed E-state index contributed by atoms with van der Waals surface area (Å²) in [6, 6.07) is 7.83. The van der Waals surface area contributed by atoms with Gasteiger partial charge in [0, 0.05) is 20.1 Å². The molecule has 0 bridgehead atoms. The average molecular weight is 251 g/mol. The van der Waals surface area contributed by atoms with Gasteiger partial charge in [0.1, 0.15) is 12.4 Å². The molecule has 4 heteroatoms. The van der Waals surface area contributed by atoms with Gasteiger partial charge < -0.3 is 14.7 Å². The Morgan fingerprint density at radius 1 is 1.44 bits per heavy atom. The van der Waals surface area contributed by atoms with Crippen LogP contribution >= 0.6 is 0 Å². The van der Waals surface area contributed by atoms with Crippen molar-refractivity contribution in [3.05, 3.63) is 29.8 Å². The highest BCUT2D eigenvalue weighted by molar-refractivity contribution is 5.75. The predicted molar refractivity (Wildman–Crippen MR) is 70.6 cm³/mol. The van der Waals surface area contributed by atoms with E-state index in [1.165, 1.54) is 0 Å². The van der Waals surface area contributed by atoms with Gasteiger partial charge in [0.25, 0.3) is 0 Å². The van der Waals surface area contributed by atoms with Crippen molar-refractivity contribution in [3.8, 4) is 5.75 Å². The molecule has 0 aromatic heterocycles. The zero-order chi connectivity index (χ0) is 13.4. The van der Waals surface area contributed by atoms with Crippen LogP contribution in [-0.4, -0.2) is 42.7 Å². The van der Waals surface area contributed by atoms with Gasteiger partial charge in [-0.3, -0.25) is 4.79 Å². The van der Waals surface area contributed by atoms with Crippen molar-refractivity contribution in [3.63, 3.8) is 0 Å². The average Bonchev–Trinajstić information content (AvgIpc) is 2.35. The molecule has 0 aliphatic rings. The van der Waals surface area contributed by atoms with Gasteiger partial charge in [-0.25, -0.2) is 0 Å². The molecule has 0 radical (unpaired) electrons. The van der Waals surface area contributed by atoms with Gasteiger partial charge in [-0.05, 0) is 31.0 Å². The molecule has 0 saturated heterocycles. The molecule has 0 unspecified atom stereocenters. The Bertz CT molecular complexity index is 379. The van der Waals surface area contributed by atoms with Crippen LogP contribution in [-0.2, 0) is 4.79 Å². The Hall–Kier alpha value is -1.55. The number of aliphatic hydroxyl groups excluding tert-OH is 1. The number of hydrogen-bond donors (Lipinski definition) is 1. The van der Waals surface area contributed by atoms with E-state index in [1.54, 1.807) is 11.9 Å². The van der Waals surface area contributed by atoms with Crippen molar-refractivity contribution in [2.75, 3.05) is 26.8 Å². The molecule has 0 aliphatic carbocycles. The number of rotatable bonds is 7. The summed E-state index contributed by atoms with van der Waals surface area (Å²) in [5.74, 6) is 0.864. The molecule has 1 amide bonds.